The van der Waals surface area contributed by atoms with Gasteiger partial charge in [0, 0.05) is 5.56 Å². The van der Waals surface area contributed by atoms with Crippen LogP contribution in [0.2, 0.25) is 5.02 Å². The van der Waals surface area contributed by atoms with Crippen LogP contribution in [0.25, 0.3) is 0 Å². The van der Waals surface area contributed by atoms with Gasteiger partial charge in [0.05, 0.1) is 15.2 Å². The molecule has 0 bridgehead atoms. The molecule has 2 N–H and O–H groups in total. The number of rotatable bonds is 2. The Morgan fingerprint density at radius 3 is 2.61 bits per heavy atom. The van der Waals surface area contributed by atoms with Gasteiger partial charge in [-0.05, 0) is 46.3 Å². The van der Waals surface area contributed by atoms with E-state index in [1.807, 2.05) is 0 Å². The van der Waals surface area contributed by atoms with E-state index in [-0.39, 0.29) is 11.7 Å². The average molecular weight is 327 g/mol. The number of halogens is 2. The van der Waals surface area contributed by atoms with Crippen molar-refractivity contribution in [1.82, 2.24) is 0 Å². The third kappa shape index (κ3) is 2.83. The summed E-state index contributed by atoms with van der Waals surface area (Å²) in [6.45, 7) is 0. The number of carbonyl (C=O) groups excluding carboxylic acids is 1. The van der Waals surface area contributed by atoms with Crippen molar-refractivity contribution in [2.24, 2.45) is 0 Å². The van der Waals surface area contributed by atoms with Crippen molar-refractivity contribution in [3.05, 3.63) is 57.5 Å². The smallest absolute Gasteiger partial charge is 0.255 e. The zero-order chi connectivity index (χ0) is 13.1. The molecule has 0 aromatic heterocycles. The first kappa shape index (κ1) is 12.9. The van der Waals surface area contributed by atoms with E-state index in [9.17, 15) is 9.90 Å². The van der Waals surface area contributed by atoms with Gasteiger partial charge < -0.3 is 10.4 Å². The van der Waals surface area contributed by atoms with Gasteiger partial charge in [0.25, 0.3) is 5.91 Å². The molecule has 0 spiro atoms. The van der Waals surface area contributed by atoms with E-state index in [0.29, 0.717) is 20.7 Å². The second-order valence-corrected chi connectivity index (χ2v) is 4.86. The lowest BCUT2D eigenvalue weighted by Gasteiger charge is -2.07. The number of hydrogen-bond donors (Lipinski definition) is 2. The van der Waals surface area contributed by atoms with Crippen molar-refractivity contribution < 1.29 is 9.90 Å². The molecule has 0 radical (unpaired) electrons. The van der Waals surface area contributed by atoms with Gasteiger partial charge in [-0.25, -0.2) is 0 Å². The van der Waals surface area contributed by atoms with E-state index in [0.717, 1.165) is 0 Å². The molecule has 0 atom stereocenters. The van der Waals surface area contributed by atoms with Gasteiger partial charge in [-0.2, -0.15) is 0 Å². The van der Waals surface area contributed by atoms with Crippen LogP contribution in [0.5, 0.6) is 5.75 Å². The lowest BCUT2D eigenvalue weighted by molar-refractivity contribution is 0.102. The number of benzene rings is 2. The summed E-state index contributed by atoms with van der Waals surface area (Å²) in [4.78, 5) is 11.9. The number of phenols is 1. The highest BCUT2D eigenvalue weighted by Gasteiger charge is 2.09. The normalized spacial score (nSPS) is 10.1. The number of anilines is 1. The van der Waals surface area contributed by atoms with Crippen LogP contribution in [0.15, 0.2) is 46.9 Å². The van der Waals surface area contributed by atoms with Crippen molar-refractivity contribution in [2.75, 3.05) is 5.32 Å². The predicted octanol–water partition coefficient (Wildman–Crippen LogP) is 4.06. The summed E-state index contributed by atoms with van der Waals surface area (Å²) in [6, 6.07) is 11.6. The molecule has 0 saturated heterocycles. The van der Waals surface area contributed by atoms with Crippen LogP contribution in [0.1, 0.15) is 10.4 Å². The fourth-order valence-electron chi connectivity index (χ4n) is 1.41. The number of hydrogen-bond acceptors (Lipinski definition) is 2. The Morgan fingerprint density at radius 1 is 1.22 bits per heavy atom. The Labute approximate surface area is 118 Å². The van der Waals surface area contributed by atoms with Gasteiger partial charge in [0.1, 0.15) is 5.75 Å². The van der Waals surface area contributed by atoms with E-state index in [1.165, 1.54) is 6.07 Å². The maximum atomic E-state index is 11.9. The van der Waals surface area contributed by atoms with Crippen LogP contribution >= 0.6 is 27.5 Å². The predicted molar refractivity (Wildman–Crippen MR) is 75.2 cm³/mol. The highest BCUT2D eigenvalue weighted by atomic mass is 79.9. The molecule has 0 unspecified atom stereocenters. The molecule has 2 aromatic rings. The van der Waals surface area contributed by atoms with Gasteiger partial charge in [-0.1, -0.05) is 23.7 Å². The molecule has 0 heterocycles. The number of para-hydroxylation sites is 1. The Balaban J connectivity index is 2.22. The van der Waals surface area contributed by atoms with Crippen molar-refractivity contribution in [3.8, 4) is 5.75 Å². The summed E-state index contributed by atoms with van der Waals surface area (Å²) in [5, 5.41) is 12.7. The highest BCUT2D eigenvalue weighted by molar-refractivity contribution is 9.10. The molecule has 0 aliphatic carbocycles. The fourth-order valence-corrected chi connectivity index (χ4v) is 1.84. The summed E-state index contributed by atoms with van der Waals surface area (Å²) in [7, 11) is 0. The van der Waals surface area contributed by atoms with E-state index in [2.05, 4.69) is 21.2 Å². The highest BCUT2D eigenvalue weighted by Crippen LogP contribution is 2.26. The number of phenolic OH excluding ortho intramolecular Hbond substituents is 1. The maximum absolute atomic E-state index is 11.9. The Bertz CT molecular complexity index is 601. The Kier molecular flexibility index (Phi) is 3.89. The monoisotopic (exact) mass is 325 g/mol. The van der Waals surface area contributed by atoms with Gasteiger partial charge in [-0.3, -0.25) is 4.79 Å². The first-order valence-electron chi connectivity index (χ1n) is 5.12. The molecule has 2 rings (SSSR count). The summed E-state index contributed by atoms with van der Waals surface area (Å²) >= 11 is 9.09. The first-order chi connectivity index (χ1) is 8.58. The molecule has 5 heteroatoms. The van der Waals surface area contributed by atoms with Gasteiger partial charge in [0.15, 0.2) is 0 Å². The molecular formula is C13H9BrClNO2. The lowest BCUT2D eigenvalue weighted by Crippen LogP contribution is -2.11. The van der Waals surface area contributed by atoms with Gasteiger partial charge in [-0.15, -0.1) is 0 Å². The van der Waals surface area contributed by atoms with Crippen LogP contribution in [0.3, 0.4) is 0 Å². The molecule has 3 nitrogen and oxygen atoms in total. The van der Waals surface area contributed by atoms with Crippen LogP contribution in [0.4, 0.5) is 5.69 Å². The number of nitrogens with one attached hydrogen (secondary N) is 1. The molecule has 0 aliphatic heterocycles. The van der Waals surface area contributed by atoms with Crippen LogP contribution < -0.4 is 5.32 Å². The van der Waals surface area contributed by atoms with Crippen LogP contribution in [0, 0.1) is 0 Å². The van der Waals surface area contributed by atoms with E-state index >= 15 is 0 Å². The minimum absolute atomic E-state index is 0.0156. The van der Waals surface area contributed by atoms with E-state index in [4.69, 9.17) is 11.6 Å². The molecule has 0 fully saturated rings. The minimum atomic E-state index is -0.328. The zero-order valence-electron chi connectivity index (χ0n) is 9.15. The minimum Gasteiger partial charge on any atom is -0.507 e. The standard InChI is InChI=1S/C13H9BrClNO2/c14-9-6-5-8(7-12(9)17)13(18)16-11-4-2-1-3-10(11)15/h1-7,17H,(H,16,18). The van der Waals surface area contributed by atoms with E-state index < -0.39 is 0 Å². The molecule has 2 aromatic carbocycles. The topological polar surface area (TPSA) is 49.3 Å². The van der Waals surface area contributed by atoms with Gasteiger partial charge >= 0.3 is 0 Å². The van der Waals surface area contributed by atoms with Crippen molar-refractivity contribution in [1.29, 1.82) is 0 Å². The third-order valence-electron chi connectivity index (χ3n) is 2.33. The van der Waals surface area contributed by atoms with Crippen molar-refractivity contribution >= 4 is 39.1 Å². The lowest BCUT2D eigenvalue weighted by atomic mass is 10.2. The van der Waals surface area contributed by atoms with Crippen LogP contribution in [-0.2, 0) is 0 Å². The van der Waals surface area contributed by atoms with E-state index in [1.54, 1.807) is 36.4 Å². The molecule has 92 valence electrons. The second-order valence-electron chi connectivity index (χ2n) is 3.60. The van der Waals surface area contributed by atoms with Crippen LogP contribution in [-0.4, -0.2) is 11.0 Å². The largest absolute Gasteiger partial charge is 0.507 e. The first-order valence-corrected chi connectivity index (χ1v) is 6.29. The van der Waals surface area contributed by atoms with Crippen molar-refractivity contribution in [3.63, 3.8) is 0 Å². The quantitative estimate of drug-likeness (QED) is 0.874. The molecule has 18 heavy (non-hydrogen) atoms. The fraction of sp³-hybridized carbons (Fsp3) is 0. The zero-order valence-corrected chi connectivity index (χ0v) is 11.5. The molecular weight excluding hydrogens is 318 g/mol. The maximum Gasteiger partial charge on any atom is 0.255 e. The second kappa shape index (κ2) is 5.42. The summed E-state index contributed by atoms with van der Waals surface area (Å²) < 4.78 is 0.539. The summed E-state index contributed by atoms with van der Waals surface area (Å²) in [6.07, 6.45) is 0. The number of aromatic hydroxyl groups is 1. The van der Waals surface area contributed by atoms with Crippen molar-refractivity contribution in [2.45, 2.75) is 0 Å². The third-order valence-corrected chi connectivity index (χ3v) is 3.33. The summed E-state index contributed by atoms with van der Waals surface area (Å²) in [5.74, 6) is -0.312. The Morgan fingerprint density at radius 2 is 1.94 bits per heavy atom. The summed E-state index contributed by atoms with van der Waals surface area (Å²) in [5.41, 5.74) is 0.891. The number of amides is 1. The van der Waals surface area contributed by atoms with Gasteiger partial charge in [0.2, 0.25) is 0 Å². The molecule has 0 saturated carbocycles. The molecule has 1 amide bonds. The number of carbonyl (C=O) groups is 1. The Hall–Kier alpha value is -1.52. The SMILES string of the molecule is O=C(Nc1ccccc1Cl)c1ccc(Br)c(O)c1. The average Bonchev–Trinajstić information content (AvgIpc) is 2.35. The molecule has 0 aliphatic rings.